The zero-order valence-electron chi connectivity index (χ0n) is 11.9. The van der Waals surface area contributed by atoms with Crippen molar-refractivity contribution in [3.63, 3.8) is 0 Å². The molecule has 2 aromatic carbocycles. The van der Waals surface area contributed by atoms with Crippen LogP contribution in [0.2, 0.25) is 5.02 Å². The molecule has 0 heterocycles. The van der Waals surface area contributed by atoms with Gasteiger partial charge in [0.25, 0.3) is 5.91 Å². The first kappa shape index (κ1) is 15.3. The molecule has 0 atom stereocenters. The molecule has 0 unspecified atom stereocenters. The summed E-state index contributed by atoms with van der Waals surface area (Å²) in [7, 11) is 3.37. The number of carbonyl (C=O) groups is 1. The number of nitrogens with zero attached hydrogens (tertiary/aromatic N) is 1. The molecule has 0 aromatic heterocycles. The minimum Gasteiger partial charge on any atom is -0.387 e. The number of rotatable bonds is 4. The summed E-state index contributed by atoms with van der Waals surface area (Å²) in [5, 5.41) is 3.29. The van der Waals surface area contributed by atoms with E-state index < -0.39 is 5.82 Å². The molecule has 3 nitrogen and oxygen atoms in total. The number of amides is 1. The Bertz CT molecular complexity index is 640. The maximum atomic E-state index is 13.8. The van der Waals surface area contributed by atoms with E-state index in [-0.39, 0.29) is 12.5 Å². The molecule has 21 heavy (non-hydrogen) atoms. The van der Waals surface area contributed by atoms with E-state index in [4.69, 9.17) is 11.6 Å². The van der Waals surface area contributed by atoms with E-state index in [1.54, 1.807) is 38.4 Å². The van der Waals surface area contributed by atoms with Gasteiger partial charge in [0.15, 0.2) is 0 Å². The normalized spacial score (nSPS) is 10.3. The molecule has 0 bridgehead atoms. The van der Waals surface area contributed by atoms with E-state index in [0.717, 1.165) is 5.69 Å². The zero-order valence-corrected chi connectivity index (χ0v) is 12.6. The Morgan fingerprint density at radius 1 is 1.24 bits per heavy atom. The topological polar surface area (TPSA) is 32.3 Å². The molecule has 2 aromatic rings. The fourth-order valence-electron chi connectivity index (χ4n) is 2.09. The Hall–Kier alpha value is -2.07. The van der Waals surface area contributed by atoms with Crippen LogP contribution in [0.4, 0.5) is 10.1 Å². The summed E-state index contributed by atoms with van der Waals surface area (Å²) in [6, 6.07) is 11.7. The van der Waals surface area contributed by atoms with Gasteiger partial charge in [-0.05, 0) is 24.3 Å². The van der Waals surface area contributed by atoms with Gasteiger partial charge in [0, 0.05) is 36.9 Å². The van der Waals surface area contributed by atoms with E-state index in [2.05, 4.69) is 5.32 Å². The molecule has 0 radical (unpaired) electrons. The van der Waals surface area contributed by atoms with Crippen molar-refractivity contribution in [2.45, 2.75) is 6.54 Å². The molecule has 110 valence electrons. The first-order chi connectivity index (χ1) is 10.0. The number of para-hydroxylation sites is 1. The summed E-state index contributed by atoms with van der Waals surface area (Å²) in [4.78, 5) is 13.9. The van der Waals surface area contributed by atoms with Gasteiger partial charge < -0.3 is 10.2 Å². The van der Waals surface area contributed by atoms with Gasteiger partial charge >= 0.3 is 0 Å². The third-order valence-electron chi connectivity index (χ3n) is 3.23. The molecular formula is C16H16ClFN2O. The molecule has 0 spiro atoms. The van der Waals surface area contributed by atoms with Crippen LogP contribution in [0.1, 0.15) is 15.9 Å². The highest BCUT2D eigenvalue weighted by atomic mass is 35.5. The van der Waals surface area contributed by atoms with Crippen molar-refractivity contribution in [1.82, 2.24) is 4.90 Å². The van der Waals surface area contributed by atoms with E-state index in [9.17, 15) is 9.18 Å². The van der Waals surface area contributed by atoms with Gasteiger partial charge in [0.2, 0.25) is 0 Å². The molecule has 2 rings (SSSR count). The highest BCUT2D eigenvalue weighted by Crippen LogP contribution is 2.22. The predicted molar refractivity (Wildman–Crippen MR) is 83.2 cm³/mol. The lowest BCUT2D eigenvalue weighted by Gasteiger charge is -2.20. The van der Waals surface area contributed by atoms with E-state index in [1.807, 2.05) is 12.1 Å². The van der Waals surface area contributed by atoms with Crippen LogP contribution < -0.4 is 5.32 Å². The van der Waals surface area contributed by atoms with Crippen LogP contribution in [-0.4, -0.2) is 24.9 Å². The SMILES string of the molecule is CNc1ccccc1C(=O)N(C)Cc1c(F)cccc1Cl. The highest BCUT2D eigenvalue weighted by Gasteiger charge is 2.17. The van der Waals surface area contributed by atoms with Crippen LogP contribution >= 0.6 is 11.6 Å². The number of nitrogens with one attached hydrogen (secondary N) is 1. The number of anilines is 1. The third-order valence-corrected chi connectivity index (χ3v) is 3.58. The molecule has 0 saturated carbocycles. The number of hydrogen-bond acceptors (Lipinski definition) is 2. The van der Waals surface area contributed by atoms with Crippen molar-refractivity contribution in [3.05, 3.63) is 64.4 Å². The van der Waals surface area contributed by atoms with Crippen LogP contribution in [0, 0.1) is 5.82 Å². The average Bonchev–Trinajstić information content (AvgIpc) is 2.50. The van der Waals surface area contributed by atoms with Crippen LogP contribution in [0.15, 0.2) is 42.5 Å². The Morgan fingerprint density at radius 2 is 1.95 bits per heavy atom. The van der Waals surface area contributed by atoms with Crippen LogP contribution in [0.5, 0.6) is 0 Å². The van der Waals surface area contributed by atoms with Crippen molar-refractivity contribution in [1.29, 1.82) is 0 Å². The minimum atomic E-state index is -0.413. The average molecular weight is 307 g/mol. The van der Waals surface area contributed by atoms with Gasteiger partial charge in [0.1, 0.15) is 5.82 Å². The summed E-state index contributed by atoms with van der Waals surface area (Å²) < 4.78 is 13.8. The summed E-state index contributed by atoms with van der Waals surface area (Å²) in [5.74, 6) is -0.608. The molecular weight excluding hydrogens is 291 g/mol. The Kier molecular flexibility index (Phi) is 4.81. The molecule has 0 aliphatic heterocycles. The van der Waals surface area contributed by atoms with Gasteiger partial charge in [0.05, 0.1) is 5.56 Å². The number of carbonyl (C=O) groups excluding carboxylic acids is 1. The van der Waals surface area contributed by atoms with Crippen molar-refractivity contribution in [2.75, 3.05) is 19.4 Å². The minimum absolute atomic E-state index is 0.113. The van der Waals surface area contributed by atoms with Crippen molar-refractivity contribution >= 4 is 23.2 Å². The standard InChI is InChI=1S/C16H16ClFN2O/c1-19-15-9-4-3-6-11(15)16(21)20(2)10-12-13(17)7-5-8-14(12)18/h3-9,19H,10H2,1-2H3. The van der Waals surface area contributed by atoms with Crippen molar-refractivity contribution in [3.8, 4) is 0 Å². The first-order valence-corrected chi connectivity index (χ1v) is 6.87. The predicted octanol–water partition coefficient (Wildman–Crippen LogP) is 3.79. The number of hydrogen-bond donors (Lipinski definition) is 1. The highest BCUT2D eigenvalue weighted by molar-refractivity contribution is 6.31. The fraction of sp³-hybridized carbons (Fsp3) is 0.188. The lowest BCUT2D eigenvalue weighted by molar-refractivity contribution is 0.0785. The van der Waals surface area contributed by atoms with Crippen molar-refractivity contribution < 1.29 is 9.18 Å². The van der Waals surface area contributed by atoms with Crippen molar-refractivity contribution in [2.24, 2.45) is 0 Å². The third kappa shape index (κ3) is 3.34. The van der Waals surface area contributed by atoms with E-state index in [1.165, 1.54) is 11.0 Å². The summed E-state index contributed by atoms with van der Waals surface area (Å²) in [6.45, 7) is 0.113. The number of benzene rings is 2. The second-order valence-corrected chi connectivity index (χ2v) is 5.06. The Morgan fingerprint density at radius 3 is 2.62 bits per heavy atom. The van der Waals surface area contributed by atoms with Crippen LogP contribution in [-0.2, 0) is 6.54 Å². The second-order valence-electron chi connectivity index (χ2n) is 4.66. The molecule has 0 aliphatic carbocycles. The maximum absolute atomic E-state index is 13.8. The first-order valence-electron chi connectivity index (χ1n) is 6.49. The lowest BCUT2D eigenvalue weighted by Crippen LogP contribution is -2.27. The zero-order chi connectivity index (χ0) is 15.4. The quantitative estimate of drug-likeness (QED) is 0.932. The van der Waals surface area contributed by atoms with Crippen LogP contribution in [0.3, 0.4) is 0 Å². The Labute approximate surface area is 128 Å². The van der Waals surface area contributed by atoms with Gasteiger partial charge in [-0.1, -0.05) is 29.8 Å². The van der Waals surface area contributed by atoms with Gasteiger partial charge in [-0.25, -0.2) is 4.39 Å². The Balaban J connectivity index is 2.24. The maximum Gasteiger partial charge on any atom is 0.255 e. The molecule has 0 aliphatic rings. The van der Waals surface area contributed by atoms with E-state index >= 15 is 0 Å². The largest absolute Gasteiger partial charge is 0.387 e. The van der Waals surface area contributed by atoms with Gasteiger partial charge in [-0.15, -0.1) is 0 Å². The fourth-order valence-corrected chi connectivity index (χ4v) is 2.31. The van der Waals surface area contributed by atoms with Gasteiger partial charge in [-0.3, -0.25) is 4.79 Å². The van der Waals surface area contributed by atoms with E-state index in [0.29, 0.717) is 16.1 Å². The molecule has 5 heteroatoms. The summed E-state index contributed by atoms with van der Waals surface area (Å²) in [5.41, 5.74) is 1.58. The molecule has 0 saturated heterocycles. The molecule has 1 N–H and O–H groups in total. The summed E-state index contributed by atoms with van der Waals surface area (Å²) in [6.07, 6.45) is 0. The molecule has 0 fully saturated rings. The number of halogens is 2. The smallest absolute Gasteiger partial charge is 0.255 e. The monoisotopic (exact) mass is 306 g/mol. The lowest BCUT2D eigenvalue weighted by atomic mass is 10.1. The van der Waals surface area contributed by atoms with Crippen LogP contribution in [0.25, 0.3) is 0 Å². The molecule has 1 amide bonds. The van der Waals surface area contributed by atoms with Gasteiger partial charge in [-0.2, -0.15) is 0 Å². The summed E-state index contributed by atoms with van der Waals surface area (Å²) >= 11 is 5.99. The second kappa shape index (κ2) is 6.59.